The van der Waals surface area contributed by atoms with E-state index in [0.717, 1.165) is 0 Å². The molecule has 9 nitrogen and oxygen atoms in total. The van der Waals surface area contributed by atoms with Gasteiger partial charge in [0.1, 0.15) is 17.1 Å². The number of aliphatic hydroxyl groups is 1. The number of carbonyl (C=O) groups is 4. The summed E-state index contributed by atoms with van der Waals surface area (Å²) in [5, 5.41) is 12.5. The van der Waals surface area contributed by atoms with Crippen LogP contribution in [-0.4, -0.2) is 64.8 Å². The van der Waals surface area contributed by atoms with Gasteiger partial charge in [-0.2, -0.15) is 0 Å². The molecule has 9 heteroatoms. The second kappa shape index (κ2) is 14.2. The average Bonchev–Trinajstić information content (AvgIpc) is 3.59. The summed E-state index contributed by atoms with van der Waals surface area (Å²) in [7, 11) is 0. The number of fused-ring (bicyclic) bond motifs is 2. The van der Waals surface area contributed by atoms with E-state index < -0.39 is 17.4 Å². The molecule has 0 radical (unpaired) electrons. The van der Waals surface area contributed by atoms with Gasteiger partial charge >= 0.3 is 0 Å². The van der Waals surface area contributed by atoms with Crippen LogP contribution in [0.4, 0.5) is 0 Å². The summed E-state index contributed by atoms with van der Waals surface area (Å²) in [6.45, 7) is 8.86. The molecule has 3 aromatic rings. The number of ether oxygens (including phenoxy) is 2. The number of allylic oxidation sites excluding steroid dienone is 2. The maximum Gasteiger partial charge on any atom is 0.233 e. The Balaban J connectivity index is 1.07. The van der Waals surface area contributed by atoms with Gasteiger partial charge in [0.2, 0.25) is 23.6 Å². The molecular formula is C43H46N2O7. The van der Waals surface area contributed by atoms with E-state index in [1.54, 1.807) is 0 Å². The summed E-state index contributed by atoms with van der Waals surface area (Å²) in [5.74, 6) is -1.30. The Kier molecular flexibility index (Phi) is 9.65. The first-order valence-corrected chi connectivity index (χ1v) is 18.4. The van der Waals surface area contributed by atoms with Crippen molar-refractivity contribution in [1.82, 2.24) is 9.80 Å². The first kappa shape index (κ1) is 35.4. The summed E-state index contributed by atoms with van der Waals surface area (Å²) in [6, 6.07) is 24.0. The van der Waals surface area contributed by atoms with Crippen LogP contribution in [0.25, 0.3) is 0 Å². The van der Waals surface area contributed by atoms with Crippen molar-refractivity contribution in [2.75, 3.05) is 26.3 Å². The van der Waals surface area contributed by atoms with Crippen LogP contribution in [0.15, 0.2) is 103 Å². The fourth-order valence-corrected chi connectivity index (χ4v) is 8.76. The molecule has 3 aromatic carbocycles. The number of rotatable bonds is 11. The Hall–Kier alpha value is -5.02. The van der Waals surface area contributed by atoms with Gasteiger partial charge in [-0.05, 0) is 66.6 Å². The molecule has 2 aliphatic heterocycles. The Morgan fingerprint density at radius 1 is 0.538 bits per heavy atom. The monoisotopic (exact) mass is 702 g/mol. The van der Waals surface area contributed by atoms with E-state index in [9.17, 15) is 24.3 Å². The zero-order valence-electron chi connectivity index (χ0n) is 30.1. The number of amides is 4. The minimum absolute atomic E-state index is 0.00728. The van der Waals surface area contributed by atoms with Crippen LogP contribution >= 0.6 is 0 Å². The predicted molar refractivity (Wildman–Crippen MR) is 195 cm³/mol. The van der Waals surface area contributed by atoms with Gasteiger partial charge < -0.3 is 14.6 Å². The second-order valence-corrected chi connectivity index (χ2v) is 14.5. The molecule has 52 heavy (non-hydrogen) atoms. The topological polar surface area (TPSA) is 113 Å². The number of hydrogen-bond donors (Lipinski definition) is 1. The predicted octanol–water partition coefficient (Wildman–Crippen LogP) is 5.61. The first-order valence-electron chi connectivity index (χ1n) is 18.4. The van der Waals surface area contributed by atoms with Gasteiger partial charge in [0.25, 0.3) is 0 Å². The van der Waals surface area contributed by atoms with Crippen LogP contribution in [0, 0.1) is 47.3 Å². The standard InChI is InChI=1S/C43H46N2O7/c1-5-44-39(46)35-26(3)12-14-28(37(35)41(44)48)24-51-33-20-16-31(17-21-33)43(50,30-10-8-7-9-11-30)32-18-22-34(23-19-32)52-25-29-15-13-27(4)36-38(29)42(49)45(6-2)40(36)47/h7-23,26-29,35-38,50H,5-6,24-25H2,1-4H3. The lowest BCUT2D eigenvalue weighted by Gasteiger charge is -2.31. The molecule has 0 spiro atoms. The Morgan fingerprint density at radius 2 is 0.904 bits per heavy atom. The lowest BCUT2D eigenvalue weighted by molar-refractivity contribution is -0.141. The Bertz CT molecular complexity index is 1770. The molecule has 2 fully saturated rings. The van der Waals surface area contributed by atoms with E-state index in [-0.39, 0.29) is 72.3 Å². The molecule has 8 unspecified atom stereocenters. The average molecular weight is 703 g/mol. The van der Waals surface area contributed by atoms with Crippen molar-refractivity contribution < 1.29 is 33.8 Å². The molecule has 2 saturated heterocycles. The summed E-state index contributed by atoms with van der Waals surface area (Å²) in [6.07, 6.45) is 8.04. The third kappa shape index (κ3) is 5.94. The SMILES string of the molecule is CCN1C(=O)C2C(C)C=CC(COc3ccc(C(O)(c4ccccc4)c4ccc(OCC5C=CC(C)C6C(=O)N(CC)C(=O)C56)cc4)cc3)C2C1=O. The highest BCUT2D eigenvalue weighted by Gasteiger charge is 2.54. The lowest BCUT2D eigenvalue weighted by atomic mass is 9.72. The minimum atomic E-state index is -1.50. The van der Waals surface area contributed by atoms with Crippen LogP contribution in [0.5, 0.6) is 11.5 Å². The maximum atomic E-state index is 13.1. The van der Waals surface area contributed by atoms with Crippen LogP contribution in [-0.2, 0) is 24.8 Å². The van der Waals surface area contributed by atoms with Crippen LogP contribution in [0.1, 0.15) is 44.4 Å². The van der Waals surface area contributed by atoms with Crippen molar-refractivity contribution in [2.24, 2.45) is 47.3 Å². The van der Waals surface area contributed by atoms with Crippen LogP contribution in [0.3, 0.4) is 0 Å². The van der Waals surface area contributed by atoms with Crippen molar-refractivity contribution in [1.29, 1.82) is 0 Å². The molecule has 7 rings (SSSR count). The highest BCUT2D eigenvalue weighted by molar-refractivity contribution is 6.06. The van der Waals surface area contributed by atoms with Gasteiger partial charge in [-0.15, -0.1) is 0 Å². The van der Waals surface area contributed by atoms with Crippen molar-refractivity contribution >= 4 is 23.6 Å². The zero-order chi connectivity index (χ0) is 36.7. The van der Waals surface area contributed by atoms with Crippen molar-refractivity contribution in [2.45, 2.75) is 33.3 Å². The Morgan fingerprint density at radius 3 is 1.29 bits per heavy atom. The Labute approximate surface area is 304 Å². The van der Waals surface area contributed by atoms with Crippen molar-refractivity contribution in [3.8, 4) is 11.5 Å². The molecule has 2 heterocycles. The minimum Gasteiger partial charge on any atom is -0.493 e. The van der Waals surface area contributed by atoms with Gasteiger partial charge in [-0.3, -0.25) is 29.0 Å². The van der Waals surface area contributed by atoms with E-state index in [1.807, 2.05) is 131 Å². The number of hydrogen-bond acceptors (Lipinski definition) is 7. The van der Waals surface area contributed by atoms with E-state index >= 15 is 0 Å². The highest BCUT2D eigenvalue weighted by atomic mass is 16.5. The van der Waals surface area contributed by atoms with Crippen molar-refractivity contribution in [3.05, 3.63) is 120 Å². The third-order valence-corrected chi connectivity index (χ3v) is 11.6. The van der Waals surface area contributed by atoms with Gasteiger partial charge in [-0.1, -0.05) is 92.7 Å². The molecule has 8 atom stereocenters. The summed E-state index contributed by atoms with van der Waals surface area (Å²) >= 11 is 0. The molecule has 2 aliphatic carbocycles. The molecule has 0 bridgehead atoms. The summed E-state index contributed by atoms with van der Waals surface area (Å²) in [4.78, 5) is 54.9. The molecule has 4 aliphatic rings. The van der Waals surface area contributed by atoms with Gasteiger partial charge in [0.05, 0.1) is 36.9 Å². The fourth-order valence-electron chi connectivity index (χ4n) is 8.76. The third-order valence-electron chi connectivity index (χ3n) is 11.6. The number of benzene rings is 3. The molecule has 270 valence electrons. The quantitative estimate of drug-likeness (QED) is 0.157. The number of imide groups is 2. The first-order chi connectivity index (χ1) is 25.1. The largest absolute Gasteiger partial charge is 0.493 e. The number of nitrogens with zero attached hydrogens (tertiary/aromatic N) is 2. The smallest absolute Gasteiger partial charge is 0.233 e. The highest BCUT2D eigenvalue weighted by Crippen LogP contribution is 2.44. The molecular weight excluding hydrogens is 656 g/mol. The molecule has 0 saturated carbocycles. The summed E-state index contributed by atoms with van der Waals surface area (Å²) in [5.41, 5.74) is 0.466. The molecule has 1 N–H and O–H groups in total. The lowest BCUT2D eigenvalue weighted by Crippen LogP contribution is -2.35. The van der Waals surface area contributed by atoms with Gasteiger partial charge in [0, 0.05) is 24.9 Å². The fraction of sp³-hybridized carbons (Fsp3) is 0.395. The molecule has 4 amide bonds. The van der Waals surface area contributed by atoms with E-state index in [0.29, 0.717) is 41.3 Å². The van der Waals surface area contributed by atoms with Gasteiger partial charge in [-0.25, -0.2) is 0 Å². The zero-order valence-corrected chi connectivity index (χ0v) is 30.1. The van der Waals surface area contributed by atoms with E-state index in [1.165, 1.54) is 9.80 Å². The van der Waals surface area contributed by atoms with E-state index in [4.69, 9.17) is 9.47 Å². The normalized spacial score (nSPS) is 29.2. The van der Waals surface area contributed by atoms with Crippen LogP contribution in [0.2, 0.25) is 0 Å². The molecule has 0 aromatic heterocycles. The van der Waals surface area contributed by atoms with E-state index in [2.05, 4.69) is 0 Å². The number of carbonyl (C=O) groups excluding carboxylic acids is 4. The van der Waals surface area contributed by atoms with Crippen LogP contribution < -0.4 is 9.47 Å². The maximum absolute atomic E-state index is 13.1. The number of likely N-dealkylation sites (tertiary alicyclic amines) is 2. The second-order valence-electron chi connectivity index (χ2n) is 14.5. The van der Waals surface area contributed by atoms with Crippen molar-refractivity contribution in [3.63, 3.8) is 0 Å². The summed E-state index contributed by atoms with van der Waals surface area (Å²) < 4.78 is 12.4. The van der Waals surface area contributed by atoms with Gasteiger partial charge in [0.15, 0.2) is 0 Å².